The third kappa shape index (κ3) is 6.88. The summed E-state index contributed by atoms with van der Waals surface area (Å²) in [5, 5.41) is 30.2. The molecule has 0 aliphatic rings. The third-order valence-corrected chi connectivity index (χ3v) is 4.37. The Hall–Kier alpha value is -4.32. The number of aliphatic carboxylic acids is 2. The summed E-state index contributed by atoms with van der Waals surface area (Å²) in [6.07, 6.45) is 2.97. The van der Waals surface area contributed by atoms with Crippen LogP contribution in [0.25, 0.3) is 0 Å². The SMILES string of the molecule is O=C(O)COc1ccccc1C=NNc1nnc(N=Cc2ccccc2OCC(=O)O)s1. The first-order chi connectivity index (χ1) is 15.5. The van der Waals surface area contributed by atoms with Crippen LogP contribution in [-0.4, -0.2) is 58.0 Å². The Balaban J connectivity index is 1.62. The molecular formula is C20H17N5O6S. The lowest BCUT2D eigenvalue weighted by atomic mass is 10.2. The molecule has 3 aromatic rings. The molecule has 2 aromatic carbocycles. The molecule has 0 aliphatic carbocycles. The zero-order valence-electron chi connectivity index (χ0n) is 16.4. The molecule has 1 aromatic heterocycles. The maximum absolute atomic E-state index is 10.7. The van der Waals surface area contributed by atoms with Gasteiger partial charge in [0, 0.05) is 17.3 Å². The van der Waals surface area contributed by atoms with Crippen molar-refractivity contribution in [1.82, 2.24) is 10.2 Å². The fraction of sp³-hybridized carbons (Fsp3) is 0.100. The second-order valence-electron chi connectivity index (χ2n) is 5.96. The van der Waals surface area contributed by atoms with Crippen LogP contribution in [0.15, 0.2) is 58.6 Å². The van der Waals surface area contributed by atoms with Gasteiger partial charge in [-0.3, -0.25) is 5.43 Å². The maximum Gasteiger partial charge on any atom is 0.341 e. The van der Waals surface area contributed by atoms with Gasteiger partial charge in [0.2, 0.25) is 10.3 Å². The average Bonchev–Trinajstić information content (AvgIpc) is 3.23. The van der Waals surface area contributed by atoms with Crippen LogP contribution in [0.1, 0.15) is 11.1 Å². The molecule has 0 bridgehead atoms. The summed E-state index contributed by atoms with van der Waals surface area (Å²) in [6.45, 7) is -0.916. The molecule has 0 fully saturated rings. The Morgan fingerprint density at radius 2 is 1.47 bits per heavy atom. The van der Waals surface area contributed by atoms with Gasteiger partial charge in [-0.1, -0.05) is 35.6 Å². The van der Waals surface area contributed by atoms with Crippen molar-refractivity contribution in [3.8, 4) is 11.5 Å². The quantitative estimate of drug-likeness (QED) is 0.292. The van der Waals surface area contributed by atoms with Crippen LogP contribution in [0.5, 0.6) is 11.5 Å². The number of anilines is 1. The lowest BCUT2D eigenvalue weighted by molar-refractivity contribution is -0.140. The predicted molar refractivity (Wildman–Crippen MR) is 118 cm³/mol. The van der Waals surface area contributed by atoms with Crippen molar-refractivity contribution in [2.75, 3.05) is 18.6 Å². The molecule has 0 aliphatic heterocycles. The molecule has 0 saturated heterocycles. The zero-order chi connectivity index (χ0) is 22.8. The second-order valence-corrected chi connectivity index (χ2v) is 6.91. The number of carboxylic acid groups (broad SMARTS) is 2. The fourth-order valence-corrected chi connectivity index (χ4v) is 2.85. The van der Waals surface area contributed by atoms with Gasteiger partial charge in [-0.05, 0) is 24.3 Å². The summed E-state index contributed by atoms with van der Waals surface area (Å²) in [5.74, 6) is -1.39. The van der Waals surface area contributed by atoms with Crippen molar-refractivity contribution in [2.24, 2.45) is 10.1 Å². The van der Waals surface area contributed by atoms with Crippen molar-refractivity contribution in [2.45, 2.75) is 0 Å². The molecule has 0 spiro atoms. The van der Waals surface area contributed by atoms with Gasteiger partial charge in [0.1, 0.15) is 11.5 Å². The van der Waals surface area contributed by atoms with E-state index in [1.54, 1.807) is 48.5 Å². The molecule has 11 nitrogen and oxygen atoms in total. The summed E-state index contributed by atoms with van der Waals surface area (Å²) < 4.78 is 10.4. The average molecular weight is 455 g/mol. The van der Waals surface area contributed by atoms with Crippen molar-refractivity contribution in [3.63, 3.8) is 0 Å². The highest BCUT2D eigenvalue weighted by molar-refractivity contribution is 7.18. The summed E-state index contributed by atoms with van der Waals surface area (Å²) >= 11 is 1.14. The summed E-state index contributed by atoms with van der Waals surface area (Å²) in [6, 6.07) is 13.7. The lowest BCUT2D eigenvalue weighted by Gasteiger charge is -2.05. The number of carboxylic acids is 2. The van der Waals surface area contributed by atoms with E-state index in [9.17, 15) is 9.59 Å². The number of aliphatic imine (C=N–C) groups is 1. The molecule has 1 heterocycles. The number of carbonyl (C=O) groups is 2. The van der Waals surface area contributed by atoms with Crippen molar-refractivity contribution in [1.29, 1.82) is 0 Å². The van der Waals surface area contributed by atoms with Crippen LogP contribution in [0.4, 0.5) is 10.3 Å². The minimum Gasteiger partial charge on any atom is -0.481 e. The molecule has 12 heteroatoms. The number of hydrogen-bond donors (Lipinski definition) is 3. The summed E-state index contributed by atoms with van der Waals surface area (Å²) in [5.41, 5.74) is 3.90. The monoisotopic (exact) mass is 455 g/mol. The maximum atomic E-state index is 10.7. The first-order valence-electron chi connectivity index (χ1n) is 9.05. The van der Waals surface area contributed by atoms with Crippen LogP contribution < -0.4 is 14.9 Å². The van der Waals surface area contributed by atoms with Crippen LogP contribution in [0, 0.1) is 0 Å². The fourth-order valence-electron chi connectivity index (χ4n) is 2.31. The Labute approximate surface area is 185 Å². The first kappa shape index (κ1) is 22.4. The summed E-state index contributed by atoms with van der Waals surface area (Å²) in [4.78, 5) is 25.6. The van der Waals surface area contributed by atoms with Crippen LogP contribution in [0.3, 0.4) is 0 Å². The van der Waals surface area contributed by atoms with Crippen molar-refractivity contribution >= 4 is 46.0 Å². The number of hydrazone groups is 1. The molecule has 32 heavy (non-hydrogen) atoms. The number of rotatable bonds is 11. The van der Waals surface area contributed by atoms with Crippen molar-refractivity contribution in [3.05, 3.63) is 59.7 Å². The highest BCUT2D eigenvalue weighted by Crippen LogP contribution is 2.24. The van der Waals surface area contributed by atoms with Gasteiger partial charge in [0.05, 0.1) is 6.21 Å². The molecule has 3 rings (SSSR count). The molecular weight excluding hydrogens is 438 g/mol. The smallest absolute Gasteiger partial charge is 0.341 e. The van der Waals surface area contributed by atoms with Crippen LogP contribution in [-0.2, 0) is 9.59 Å². The number of aromatic nitrogens is 2. The third-order valence-electron chi connectivity index (χ3n) is 3.63. The van der Waals surface area contributed by atoms with Crippen LogP contribution >= 0.6 is 11.3 Å². The van der Waals surface area contributed by atoms with E-state index in [1.165, 1.54) is 12.4 Å². The predicted octanol–water partition coefficient (Wildman–Crippen LogP) is 2.66. The lowest BCUT2D eigenvalue weighted by Crippen LogP contribution is -2.10. The van der Waals surface area contributed by atoms with Gasteiger partial charge in [-0.2, -0.15) is 5.10 Å². The standard InChI is InChI=1S/C20H17N5O6S/c26-17(27)11-30-15-7-3-1-5-13(15)9-21-19-24-25-20(32-19)23-22-10-14-6-2-4-8-16(14)31-12-18(28)29/h1-10H,11-12H2,(H,23,25)(H,26,27)(H,28,29). The topological polar surface area (TPSA) is 156 Å². The highest BCUT2D eigenvalue weighted by atomic mass is 32.1. The minimum atomic E-state index is -1.08. The molecule has 0 radical (unpaired) electrons. The first-order valence-corrected chi connectivity index (χ1v) is 9.87. The Bertz CT molecular complexity index is 1150. The van der Waals surface area contributed by atoms with Gasteiger partial charge in [0.15, 0.2) is 13.2 Å². The molecule has 0 saturated carbocycles. The molecule has 0 unspecified atom stereocenters. The molecule has 0 atom stereocenters. The number of benzene rings is 2. The summed E-state index contributed by atoms with van der Waals surface area (Å²) in [7, 11) is 0. The minimum absolute atomic E-state index is 0.348. The normalized spacial score (nSPS) is 11.0. The number of para-hydroxylation sites is 2. The van der Waals surface area contributed by atoms with Crippen molar-refractivity contribution < 1.29 is 29.3 Å². The number of hydrogen-bond acceptors (Lipinski definition) is 10. The van der Waals surface area contributed by atoms with E-state index < -0.39 is 25.2 Å². The molecule has 0 amide bonds. The van der Waals surface area contributed by atoms with E-state index in [0.717, 1.165) is 11.3 Å². The second kappa shape index (κ2) is 11.2. The van der Waals surface area contributed by atoms with Gasteiger partial charge in [0.25, 0.3) is 0 Å². The largest absolute Gasteiger partial charge is 0.481 e. The Morgan fingerprint density at radius 1 is 0.906 bits per heavy atom. The van der Waals surface area contributed by atoms with E-state index in [1.807, 2.05) is 0 Å². The van der Waals surface area contributed by atoms with Crippen LogP contribution in [0.2, 0.25) is 0 Å². The van der Waals surface area contributed by atoms with E-state index in [-0.39, 0.29) is 0 Å². The molecule has 164 valence electrons. The Kier molecular flexibility index (Phi) is 7.81. The number of ether oxygens (including phenoxy) is 2. The zero-order valence-corrected chi connectivity index (χ0v) is 17.2. The highest BCUT2D eigenvalue weighted by Gasteiger charge is 2.06. The van der Waals surface area contributed by atoms with Gasteiger partial charge >= 0.3 is 11.9 Å². The molecule has 3 N–H and O–H groups in total. The van der Waals surface area contributed by atoms with E-state index in [4.69, 9.17) is 19.7 Å². The van der Waals surface area contributed by atoms with E-state index in [0.29, 0.717) is 32.9 Å². The Morgan fingerprint density at radius 3 is 2.06 bits per heavy atom. The number of nitrogens with zero attached hydrogens (tertiary/aromatic N) is 4. The van der Waals surface area contributed by atoms with Gasteiger partial charge in [-0.15, -0.1) is 10.2 Å². The van der Waals surface area contributed by atoms with Gasteiger partial charge in [-0.25, -0.2) is 14.6 Å². The van der Waals surface area contributed by atoms with E-state index in [2.05, 4.69) is 25.7 Å². The van der Waals surface area contributed by atoms with Gasteiger partial charge < -0.3 is 19.7 Å². The number of nitrogens with one attached hydrogen (secondary N) is 1. The van der Waals surface area contributed by atoms with E-state index >= 15 is 0 Å².